The molecule has 0 saturated heterocycles. The molecule has 0 bridgehead atoms. The summed E-state index contributed by atoms with van der Waals surface area (Å²) in [7, 11) is 1.40. The summed E-state index contributed by atoms with van der Waals surface area (Å²) < 4.78 is 22.9. The summed E-state index contributed by atoms with van der Waals surface area (Å²) >= 11 is 0. The van der Waals surface area contributed by atoms with Crippen LogP contribution in [0.15, 0.2) is 12.1 Å². The third kappa shape index (κ3) is 2.66. The highest BCUT2D eigenvalue weighted by Crippen LogP contribution is 2.23. The van der Waals surface area contributed by atoms with Crippen molar-refractivity contribution < 1.29 is 23.8 Å². The third-order valence-electron chi connectivity index (χ3n) is 1.74. The Kier molecular flexibility index (Phi) is 3.62. The molecule has 0 unspecified atom stereocenters. The SMILES string of the molecule is COCOc1cc(C)cc(F)c1C(=O)O. The van der Waals surface area contributed by atoms with Gasteiger partial charge in [0.25, 0.3) is 0 Å². The van der Waals surface area contributed by atoms with Gasteiger partial charge in [-0.15, -0.1) is 0 Å². The normalized spacial score (nSPS) is 10.1. The van der Waals surface area contributed by atoms with Gasteiger partial charge in [-0.2, -0.15) is 0 Å². The Morgan fingerprint density at radius 3 is 2.73 bits per heavy atom. The average Bonchev–Trinajstić information content (AvgIpc) is 2.12. The van der Waals surface area contributed by atoms with Crippen molar-refractivity contribution in [1.29, 1.82) is 0 Å². The Balaban J connectivity index is 3.14. The second kappa shape index (κ2) is 4.75. The molecule has 0 spiro atoms. The van der Waals surface area contributed by atoms with Crippen LogP contribution in [0.1, 0.15) is 15.9 Å². The van der Waals surface area contributed by atoms with Crippen LogP contribution in [0, 0.1) is 12.7 Å². The first-order chi connectivity index (χ1) is 7.06. The van der Waals surface area contributed by atoms with Crippen molar-refractivity contribution in [2.45, 2.75) is 6.92 Å². The van der Waals surface area contributed by atoms with Crippen molar-refractivity contribution >= 4 is 5.97 Å². The zero-order valence-corrected chi connectivity index (χ0v) is 8.41. The van der Waals surface area contributed by atoms with Crippen LogP contribution in [0.2, 0.25) is 0 Å². The number of carboxylic acid groups (broad SMARTS) is 1. The van der Waals surface area contributed by atoms with Gasteiger partial charge < -0.3 is 14.6 Å². The largest absolute Gasteiger partial charge is 0.477 e. The number of aryl methyl sites for hydroxylation is 1. The molecule has 0 fully saturated rings. The minimum atomic E-state index is -1.36. The molecule has 15 heavy (non-hydrogen) atoms. The van der Waals surface area contributed by atoms with Gasteiger partial charge in [0.15, 0.2) is 6.79 Å². The lowest BCUT2D eigenvalue weighted by Gasteiger charge is -2.09. The van der Waals surface area contributed by atoms with Crippen molar-refractivity contribution in [3.8, 4) is 5.75 Å². The van der Waals surface area contributed by atoms with E-state index in [1.807, 2.05) is 0 Å². The Morgan fingerprint density at radius 1 is 1.53 bits per heavy atom. The number of carbonyl (C=O) groups is 1. The lowest BCUT2D eigenvalue weighted by molar-refractivity contribution is 0.0479. The molecule has 1 aromatic carbocycles. The minimum Gasteiger partial charge on any atom is -0.477 e. The molecular formula is C10H11FO4. The minimum absolute atomic E-state index is 0.0261. The summed E-state index contributed by atoms with van der Waals surface area (Å²) in [5, 5.41) is 8.78. The third-order valence-corrected chi connectivity index (χ3v) is 1.74. The van der Waals surface area contributed by atoms with E-state index >= 15 is 0 Å². The molecule has 1 N–H and O–H groups in total. The second-order valence-corrected chi connectivity index (χ2v) is 2.98. The number of hydrogen-bond donors (Lipinski definition) is 1. The number of benzene rings is 1. The molecular weight excluding hydrogens is 203 g/mol. The number of carboxylic acids is 1. The zero-order valence-electron chi connectivity index (χ0n) is 8.41. The summed E-state index contributed by atoms with van der Waals surface area (Å²) in [4.78, 5) is 10.8. The number of methoxy groups -OCH3 is 1. The van der Waals surface area contributed by atoms with Gasteiger partial charge in [-0.25, -0.2) is 9.18 Å². The van der Waals surface area contributed by atoms with E-state index in [1.165, 1.54) is 13.2 Å². The molecule has 0 saturated carbocycles. The van der Waals surface area contributed by atoms with Crippen molar-refractivity contribution in [1.82, 2.24) is 0 Å². The van der Waals surface area contributed by atoms with Gasteiger partial charge in [-0.1, -0.05) is 0 Å². The van der Waals surface area contributed by atoms with Crippen LogP contribution < -0.4 is 4.74 Å². The van der Waals surface area contributed by atoms with E-state index in [2.05, 4.69) is 4.74 Å². The van der Waals surface area contributed by atoms with Crippen LogP contribution in [-0.4, -0.2) is 25.0 Å². The number of hydrogen-bond acceptors (Lipinski definition) is 3. The highest BCUT2D eigenvalue weighted by Gasteiger charge is 2.17. The Bertz CT molecular complexity index is 376. The topological polar surface area (TPSA) is 55.8 Å². The molecule has 0 atom stereocenters. The molecule has 82 valence electrons. The number of aromatic carboxylic acids is 1. The van der Waals surface area contributed by atoms with E-state index < -0.39 is 17.3 Å². The number of halogens is 1. The molecule has 0 aliphatic heterocycles. The van der Waals surface area contributed by atoms with Crippen LogP contribution >= 0.6 is 0 Å². The van der Waals surface area contributed by atoms with Gasteiger partial charge in [-0.05, 0) is 24.6 Å². The summed E-state index contributed by atoms with van der Waals surface area (Å²) in [5.74, 6) is -2.20. The molecule has 5 heteroatoms. The molecule has 1 rings (SSSR count). The van der Waals surface area contributed by atoms with Gasteiger partial charge in [0, 0.05) is 7.11 Å². The van der Waals surface area contributed by atoms with Gasteiger partial charge >= 0.3 is 5.97 Å². The molecule has 1 aromatic rings. The highest BCUT2D eigenvalue weighted by molar-refractivity contribution is 5.91. The summed E-state index contributed by atoms with van der Waals surface area (Å²) in [5.41, 5.74) is 0.112. The predicted octanol–water partition coefficient (Wildman–Crippen LogP) is 1.82. The van der Waals surface area contributed by atoms with Crippen LogP contribution in [0.4, 0.5) is 4.39 Å². The van der Waals surface area contributed by atoms with E-state index in [1.54, 1.807) is 6.92 Å². The van der Waals surface area contributed by atoms with Crippen LogP contribution in [0.3, 0.4) is 0 Å². The van der Waals surface area contributed by atoms with Crippen LogP contribution in [0.25, 0.3) is 0 Å². The van der Waals surface area contributed by atoms with E-state index in [0.717, 1.165) is 6.07 Å². The Morgan fingerprint density at radius 2 is 2.20 bits per heavy atom. The highest BCUT2D eigenvalue weighted by atomic mass is 19.1. The fourth-order valence-corrected chi connectivity index (χ4v) is 1.15. The maximum Gasteiger partial charge on any atom is 0.342 e. The molecule has 0 heterocycles. The first-order valence-corrected chi connectivity index (χ1v) is 4.21. The monoisotopic (exact) mass is 214 g/mol. The first-order valence-electron chi connectivity index (χ1n) is 4.21. The zero-order chi connectivity index (χ0) is 11.4. The fraction of sp³-hybridized carbons (Fsp3) is 0.300. The first kappa shape index (κ1) is 11.5. The van der Waals surface area contributed by atoms with E-state index in [-0.39, 0.29) is 12.5 Å². The molecule has 0 aliphatic rings. The van der Waals surface area contributed by atoms with Gasteiger partial charge in [-0.3, -0.25) is 0 Å². The van der Waals surface area contributed by atoms with Crippen molar-refractivity contribution in [2.75, 3.05) is 13.9 Å². The quantitative estimate of drug-likeness (QED) is 0.776. The molecule has 0 radical (unpaired) electrons. The lowest BCUT2D eigenvalue weighted by atomic mass is 10.1. The van der Waals surface area contributed by atoms with Crippen molar-refractivity contribution in [3.63, 3.8) is 0 Å². The lowest BCUT2D eigenvalue weighted by Crippen LogP contribution is -2.08. The Labute approximate surface area is 86.2 Å². The van der Waals surface area contributed by atoms with Gasteiger partial charge in [0.2, 0.25) is 0 Å². The van der Waals surface area contributed by atoms with Crippen LogP contribution in [0.5, 0.6) is 5.75 Å². The fourth-order valence-electron chi connectivity index (χ4n) is 1.15. The average molecular weight is 214 g/mol. The molecule has 0 amide bonds. The van der Waals surface area contributed by atoms with Gasteiger partial charge in [0.05, 0.1) is 0 Å². The molecule has 0 aromatic heterocycles. The maximum atomic E-state index is 13.3. The van der Waals surface area contributed by atoms with Gasteiger partial charge in [0.1, 0.15) is 17.1 Å². The van der Waals surface area contributed by atoms with Crippen molar-refractivity contribution in [2.24, 2.45) is 0 Å². The molecule has 4 nitrogen and oxygen atoms in total. The summed E-state index contributed by atoms with van der Waals surface area (Å²) in [6.07, 6.45) is 0. The standard InChI is InChI=1S/C10H11FO4/c1-6-3-7(11)9(10(12)13)8(4-6)15-5-14-2/h3-4H,5H2,1-2H3,(H,12,13). The van der Waals surface area contributed by atoms with E-state index in [9.17, 15) is 9.18 Å². The second-order valence-electron chi connectivity index (χ2n) is 2.98. The van der Waals surface area contributed by atoms with Crippen LogP contribution in [-0.2, 0) is 4.74 Å². The molecule has 0 aliphatic carbocycles. The number of rotatable bonds is 4. The van der Waals surface area contributed by atoms with Crippen molar-refractivity contribution in [3.05, 3.63) is 29.1 Å². The maximum absolute atomic E-state index is 13.3. The summed E-state index contributed by atoms with van der Waals surface area (Å²) in [6.45, 7) is 1.53. The number of ether oxygens (including phenoxy) is 2. The Hall–Kier alpha value is -1.62. The summed E-state index contributed by atoms with van der Waals surface area (Å²) in [6, 6.07) is 2.59. The van der Waals surface area contributed by atoms with E-state index in [4.69, 9.17) is 9.84 Å². The van der Waals surface area contributed by atoms with E-state index in [0.29, 0.717) is 5.56 Å². The smallest absolute Gasteiger partial charge is 0.342 e. The predicted molar refractivity (Wildman–Crippen MR) is 50.6 cm³/mol.